The summed E-state index contributed by atoms with van der Waals surface area (Å²) in [5, 5.41) is 6.94. The maximum absolute atomic E-state index is 4.72. The molecule has 0 spiro atoms. The normalized spacial score (nSPS) is 16.9. The first-order valence-electron chi connectivity index (χ1n) is 9.09. The molecule has 1 unspecified atom stereocenters. The Labute approximate surface area is 173 Å². The van der Waals surface area contributed by atoms with Gasteiger partial charge in [-0.15, -0.1) is 24.0 Å². The van der Waals surface area contributed by atoms with Crippen molar-refractivity contribution in [3.8, 4) is 0 Å². The minimum absolute atomic E-state index is 0. The summed E-state index contributed by atoms with van der Waals surface area (Å²) in [4.78, 5) is 11.3. The monoisotopic (exact) mass is 465 g/mol. The molecule has 0 amide bonds. The zero-order chi connectivity index (χ0) is 17.3. The van der Waals surface area contributed by atoms with E-state index in [-0.39, 0.29) is 24.0 Å². The van der Waals surface area contributed by atoms with Crippen LogP contribution < -0.4 is 15.5 Å². The molecular formula is C20H28IN5. The topological polar surface area (TPSA) is 52.6 Å². The van der Waals surface area contributed by atoms with Crippen LogP contribution in [0.2, 0.25) is 0 Å². The third kappa shape index (κ3) is 6.16. The van der Waals surface area contributed by atoms with Crippen molar-refractivity contribution in [2.45, 2.75) is 25.8 Å². The second-order valence-electron chi connectivity index (χ2n) is 6.28. The van der Waals surface area contributed by atoms with Crippen LogP contribution in [-0.2, 0) is 6.42 Å². The number of aliphatic imine (C=N–C) groups is 1. The highest BCUT2D eigenvalue weighted by Gasteiger charge is 2.23. The van der Waals surface area contributed by atoms with Crippen LogP contribution in [-0.4, -0.2) is 43.2 Å². The van der Waals surface area contributed by atoms with E-state index in [0.29, 0.717) is 6.04 Å². The van der Waals surface area contributed by atoms with E-state index in [2.05, 4.69) is 63.8 Å². The van der Waals surface area contributed by atoms with Gasteiger partial charge in [0.2, 0.25) is 0 Å². The fourth-order valence-corrected chi connectivity index (χ4v) is 3.11. The van der Waals surface area contributed by atoms with Crippen molar-refractivity contribution in [3.63, 3.8) is 0 Å². The molecule has 26 heavy (non-hydrogen) atoms. The largest absolute Gasteiger partial charge is 0.369 e. The Hall–Kier alpha value is -1.83. The van der Waals surface area contributed by atoms with Gasteiger partial charge in [0, 0.05) is 50.3 Å². The standard InChI is InChI=1S/C20H27N5.HI/c1-2-22-20(23-13-10-17-7-6-12-21-15-17)24-18-11-14-25(16-18)19-8-4-3-5-9-19;/h3-9,12,15,18H,2,10-11,13-14,16H2,1H3,(H2,22,23,24);1H. The number of benzene rings is 1. The van der Waals surface area contributed by atoms with Crippen molar-refractivity contribution >= 4 is 35.6 Å². The summed E-state index contributed by atoms with van der Waals surface area (Å²) in [6.07, 6.45) is 5.74. The lowest BCUT2D eigenvalue weighted by molar-refractivity contribution is 0.649. The van der Waals surface area contributed by atoms with Gasteiger partial charge < -0.3 is 15.5 Å². The highest BCUT2D eigenvalue weighted by Crippen LogP contribution is 2.19. The van der Waals surface area contributed by atoms with E-state index >= 15 is 0 Å². The first-order chi connectivity index (χ1) is 12.3. The van der Waals surface area contributed by atoms with Crippen LogP contribution in [0.15, 0.2) is 59.9 Å². The van der Waals surface area contributed by atoms with E-state index in [1.54, 1.807) is 6.20 Å². The fourth-order valence-electron chi connectivity index (χ4n) is 3.11. The van der Waals surface area contributed by atoms with Crippen molar-refractivity contribution in [3.05, 3.63) is 60.4 Å². The lowest BCUT2D eigenvalue weighted by atomic mass is 10.2. The molecule has 1 aliphatic heterocycles. The van der Waals surface area contributed by atoms with Crippen LogP contribution in [0.25, 0.3) is 0 Å². The molecule has 3 rings (SSSR count). The fraction of sp³-hybridized carbons (Fsp3) is 0.400. The predicted octanol–water partition coefficient (Wildman–Crippen LogP) is 3.08. The number of halogens is 1. The predicted molar refractivity (Wildman–Crippen MR) is 120 cm³/mol. The number of rotatable bonds is 6. The number of guanidine groups is 1. The molecule has 1 aromatic carbocycles. The minimum atomic E-state index is 0. The average molecular weight is 465 g/mol. The maximum Gasteiger partial charge on any atom is 0.191 e. The van der Waals surface area contributed by atoms with Crippen LogP contribution in [0.1, 0.15) is 18.9 Å². The molecule has 5 nitrogen and oxygen atoms in total. The summed E-state index contributed by atoms with van der Waals surface area (Å²) in [6, 6.07) is 15.1. The number of nitrogens with one attached hydrogen (secondary N) is 2. The molecule has 1 aromatic heterocycles. The molecule has 2 N–H and O–H groups in total. The zero-order valence-electron chi connectivity index (χ0n) is 15.3. The molecule has 6 heteroatoms. The molecular weight excluding hydrogens is 437 g/mol. The summed E-state index contributed by atoms with van der Waals surface area (Å²) >= 11 is 0. The minimum Gasteiger partial charge on any atom is -0.369 e. The Morgan fingerprint density at radius 2 is 2.08 bits per heavy atom. The zero-order valence-corrected chi connectivity index (χ0v) is 17.6. The Balaban J connectivity index is 0.00000243. The SMILES string of the molecule is CCNC(=NCCc1cccnc1)NC1CCN(c2ccccc2)C1.I. The molecule has 0 bridgehead atoms. The summed E-state index contributed by atoms with van der Waals surface area (Å²) in [6.45, 7) is 5.82. The van der Waals surface area contributed by atoms with Crippen molar-refractivity contribution in [2.75, 3.05) is 31.1 Å². The third-order valence-electron chi connectivity index (χ3n) is 4.39. The maximum atomic E-state index is 4.72. The molecule has 1 atom stereocenters. The quantitative estimate of drug-likeness (QED) is 0.391. The first kappa shape index (κ1) is 20.5. The summed E-state index contributed by atoms with van der Waals surface area (Å²) in [5.74, 6) is 0.909. The van der Waals surface area contributed by atoms with Gasteiger partial charge in [-0.3, -0.25) is 9.98 Å². The second-order valence-corrected chi connectivity index (χ2v) is 6.28. The van der Waals surface area contributed by atoms with E-state index in [0.717, 1.165) is 45.0 Å². The van der Waals surface area contributed by atoms with Gasteiger partial charge in [0.1, 0.15) is 0 Å². The van der Waals surface area contributed by atoms with Gasteiger partial charge in [0.25, 0.3) is 0 Å². The molecule has 0 saturated carbocycles. The molecule has 0 radical (unpaired) electrons. The summed E-state index contributed by atoms with van der Waals surface area (Å²) in [7, 11) is 0. The van der Waals surface area contributed by atoms with Crippen molar-refractivity contribution in [1.82, 2.24) is 15.6 Å². The van der Waals surface area contributed by atoms with Gasteiger partial charge in [-0.05, 0) is 43.5 Å². The Kier molecular flexibility index (Phi) is 8.67. The molecule has 1 aliphatic rings. The van der Waals surface area contributed by atoms with Gasteiger partial charge in [0.05, 0.1) is 0 Å². The highest BCUT2D eigenvalue weighted by molar-refractivity contribution is 14.0. The molecule has 2 aromatic rings. The summed E-state index contributed by atoms with van der Waals surface area (Å²) < 4.78 is 0. The van der Waals surface area contributed by atoms with Gasteiger partial charge in [-0.1, -0.05) is 24.3 Å². The Morgan fingerprint density at radius 1 is 1.23 bits per heavy atom. The number of hydrogen-bond donors (Lipinski definition) is 2. The van der Waals surface area contributed by atoms with Crippen LogP contribution in [0, 0.1) is 0 Å². The van der Waals surface area contributed by atoms with E-state index < -0.39 is 0 Å². The van der Waals surface area contributed by atoms with E-state index in [4.69, 9.17) is 4.99 Å². The highest BCUT2D eigenvalue weighted by atomic mass is 127. The van der Waals surface area contributed by atoms with Crippen LogP contribution in [0.4, 0.5) is 5.69 Å². The third-order valence-corrected chi connectivity index (χ3v) is 4.39. The van der Waals surface area contributed by atoms with Crippen LogP contribution in [0.5, 0.6) is 0 Å². The Morgan fingerprint density at radius 3 is 2.81 bits per heavy atom. The van der Waals surface area contributed by atoms with Gasteiger partial charge in [0.15, 0.2) is 5.96 Å². The number of aromatic nitrogens is 1. The van der Waals surface area contributed by atoms with Gasteiger partial charge in [-0.2, -0.15) is 0 Å². The average Bonchev–Trinajstić information content (AvgIpc) is 3.12. The number of para-hydroxylation sites is 1. The lowest BCUT2D eigenvalue weighted by Crippen LogP contribution is -2.44. The molecule has 1 saturated heterocycles. The van der Waals surface area contributed by atoms with E-state index in [1.807, 2.05) is 12.3 Å². The number of anilines is 1. The lowest BCUT2D eigenvalue weighted by Gasteiger charge is -2.20. The molecule has 2 heterocycles. The molecule has 0 aliphatic carbocycles. The van der Waals surface area contributed by atoms with Crippen LogP contribution >= 0.6 is 24.0 Å². The Bertz CT molecular complexity index is 662. The smallest absolute Gasteiger partial charge is 0.191 e. The molecule has 140 valence electrons. The molecule has 1 fully saturated rings. The number of pyridine rings is 1. The van der Waals surface area contributed by atoms with E-state index in [1.165, 1.54) is 11.3 Å². The summed E-state index contributed by atoms with van der Waals surface area (Å²) in [5.41, 5.74) is 2.52. The first-order valence-corrected chi connectivity index (χ1v) is 9.09. The van der Waals surface area contributed by atoms with E-state index in [9.17, 15) is 0 Å². The number of hydrogen-bond acceptors (Lipinski definition) is 3. The van der Waals surface area contributed by atoms with Crippen molar-refractivity contribution < 1.29 is 0 Å². The van der Waals surface area contributed by atoms with Crippen molar-refractivity contribution in [1.29, 1.82) is 0 Å². The second kappa shape index (κ2) is 11.0. The van der Waals surface area contributed by atoms with Gasteiger partial charge >= 0.3 is 0 Å². The van der Waals surface area contributed by atoms with Crippen molar-refractivity contribution in [2.24, 2.45) is 4.99 Å². The van der Waals surface area contributed by atoms with Crippen LogP contribution in [0.3, 0.4) is 0 Å². The van der Waals surface area contributed by atoms with Gasteiger partial charge in [-0.25, -0.2) is 0 Å². The number of nitrogens with zero attached hydrogens (tertiary/aromatic N) is 3.